The fourth-order valence-corrected chi connectivity index (χ4v) is 1.47. The summed E-state index contributed by atoms with van der Waals surface area (Å²) in [6, 6.07) is 0. The number of halogens is 3. The molecule has 0 saturated carbocycles. The van der Waals surface area contributed by atoms with Gasteiger partial charge in [-0.15, -0.1) is 0 Å². The summed E-state index contributed by atoms with van der Waals surface area (Å²) in [5, 5.41) is 0.572. The smallest absolute Gasteiger partial charge is 0.0901 e. The highest BCUT2D eigenvalue weighted by Crippen LogP contribution is 2.13. The third-order valence-electron chi connectivity index (χ3n) is 1.12. The Hall–Kier alpha value is 0.0700. The third kappa shape index (κ3) is 2.25. The maximum Gasteiger partial charge on any atom is 0.0901 e. The maximum absolute atomic E-state index is 5.80. The molecule has 0 heterocycles. The van der Waals surface area contributed by atoms with Gasteiger partial charge in [0, 0.05) is 0 Å². The topological polar surface area (TPSA) is 24.7 Å². The zero-order chi connectivity index (χ0) is 8.27. The Labute approximate surface area is 86.4 Å². The lowest BCUT2D eigenvalue weighted by molar-refractivity contribution is 1.81. The van der Waals surface area contributed by atoms with Gasteiger partial charge in [-0.1, -0.05) is 11.6 Å². The van der Waals surface area contributed by atoms with Crippen molar-refractivity contribution in [2.24, 2.45) is 8.04 Å². The lowest BCUT2D eigenvalue weighted by atomic mass is 10.1. The van der Waals surface area contributed by atoms with Gasteiger partial charge in [-0.2, -0.15) is 0 Å². The number of allylic oxidation sites excluding steroid dienone is 4. The second-order valence-electron chi connectivity index (χ2n) is 1.80. The van der Waals surface area contributed by atoms with Gasteiger partial charge in [0.15, 0.2) is 0 Å². The van der Waals surface area contributed by atoms with E-state index in [0.29, 0.717) is 10.7 Å². The quantitative estimate of drug-likeness (QED) is 0.614. The SMILES string of the molecule is ClC1=CC(=NBr)C=CC1=NBr. The summed E-state index contributed by atoms with van der Waals surface area (Å²) in [5.74, 6) is 0. The van der Waals surface area contributed by atoms with Crippen LogP contribution < -0.4 is 0 Å². The summed E-state index contributed by atoms with van der Waals surface area (Å²) < 4.78 is 7.55. The molecule has 58 valence electrons. The third-order valence-corrected chi connectivity index (χ3v) is 2.21. The highest BCUT2D eigenvalue weighted by atomic mass is 79.9. The first-order valence-corrected chi connectivity index (χ1v) is 4.51. The summed E-state index contributed by atoms with van der Waals surface area (Å²) in [6.45, 7) is 0. The van der Waals surface area contributed by atoms with Crippen molar-refractivity contribution in [3.05, 3.63) is 23.3 Å². The first-order valence-electron chi connectivity index (χ1n) is 2.71. The van der Waals surface area contributed by atoms with E-state index in [1.54, 1.807) is 18.2 Å². The van der Waals surface area contributed by atoms with Gasteiger partial charge >= 0.3 is 0 Å². The van der Waals surface area contributed by atoms with Crippen LogP contribution in [-0.2, 0) is 0 Å². The minimum atomic E-state index is 0.572. The van der Waals surface area contributed by atoms with Crippen LogP contribution in [0.4, 0.5) is 0 Å². The summed E-state index contributed by atoms with van der Waals surface area (Å²) in [5.41, 5.74) is 1.47. The van der Waals surface area contributed by atoms with E-state index >= 15 is 0 Å². The van der Waals surface area contributed by atoms with Gasteiger partial charge < -0.3 is 0 Å². The summed E-state index contributed by atoms with van der Waals surface area (Å²) >= 11 is 11.7. The fourth-order valence-electron chi connectivity index (χ4n) is 0.617. The van der Waals surface area contributed by atoms with E-state index in [4.69, 9.17) is 11.6 Å². The number of rotatable bonds is 0. The van der Waals surface area contributed by atoms with E-state index < -0.39 is 0 Å². The highest BCUT2D eigenvalue weighted by molar-refractivity contribution is 9.08. The van der Waals surface area contributed by atoms with Crippen molar-refractivity contribution in [3.63, 3.8) is 0 Å². The van der Waals surface area contributed by atoms with Crippen LogP contribution in [0.3, 0.4) is 0 Å². The second kappa shape index (κ2) is 4.18. The van der Waals surface area contributed by atoms with Crippen LogP contribution in [0.25, 0.3) is 0 Å². The monoisotopic (exact) mass is 296 g/mol. The predicted molar refractivity (Wildman–Crippen MR) is 55.8 cm³/mol. The van der Waals surface area contributed by atoms with Crippen LogP contribution in [0.1, 0.15) is 0 Å². The minimum absolute atomic E-state index is 0.572. The van der Waals surface area contributed by atoms with Crippen LogP contribution in [0, 0.1) is 0 Å². The van der Waals surface area contributed by atoms with Crippen molar-refractivity contribution in [1.29, 1.82) is 0 Å². The zero-order valence-corrected chi connectivity index (χ0v) is 9.19. The number of hydrogen-bond acceptors (Lipinski definition) is 2. The molecule has 1 aliphatic carbocycles. The van der Waals surface area contributed by atoms with Crippen molar-refractivity contribution in [2.45, 2.75) is 0 Å². The van der Waals surface area contributed by atoms with Crippen LogP contribution in [0.5, 0.6) is 0 Å². The number of hydrogen-bond donors (Lipinski definition) is 0. The Balaban J connectivity index is 2.97. The molecule has 0 bridgehead atoms. The van der Waals surface area contributed by atoms with Gasteiger partial charge in [0.05, 0.1) is 48.8 Å². The fraction of sp³-hybridized carbons (Fsp3) is 0. The molecule has 0 atom stereocenters. The Morgan fingerprint density at radius 3 is 2.36 bits per heavy atom. The Bertz CT molecular complexity index is 278. The molecule has 0 unspecified atom stereocenters. The standard InChI is InChI=1S/C6H3Br2ClN2/c7-10-4-1-2-6(11-8)5(9)3-4/h1-3H. The average Bonchev–Trinajstić information content (AvgIpc) is 2.04. The molecule has 0 aromatic heterocycles. The van der Waals surface area contributed by atoms with Crippen molar-refractivity contribution >= 4 is 55.3 Å². The summed E-state index contributed by atoms with van der Waals surface area (Å²) in [6.07, 6.45) is 5.30. The van der Waals surface area contributed by atoms with Crippen LogP contribution in [0.15, 0.2) is 31.3 Å². The Kier molecular flexibility index (Phi) is 3.48. The molecule has 0 radical (unpaired) electrons. The van der Waals surface area contributed by atoms with Gasteiger partial charge in [-0.05, 0) is 18.2 Å². The molecular weight excluding hydrogens is 295 g/mol. The molecule has 0 spiro atoms. The van der Waals surface area contributed by atoms with E-state index in [1.165, 1.54) is 0 Å². The van der Waals surface area contributed by atoms with Gasteiger partial charge in [0.1, 0.15) is 0 Å². The molecule has 5 heteroatoms. The normalized spacial score (nSPS) is 24.5. The van der Waals surface area contributed by atoms with E-state index in [2.05, 4.69) is 40.3 Å². The lowest BCUT2D eigenvalue weighted by Crippen LogP contribution is -2.02. The van der Waals surface area contributed by atoms with Crippen LogP contribution >= 0.6 is 43.9 Å². The summed E-state index contributed by atoms with van der Waals surface area (Å²) in [7, 11) is 0. The molecule has 0 N–H and O–H groups in total. The van der Waals surface area contributed by atoms with E-state index in [9.17, 15) is 0 Å². The van der Waals surface area contributed by atoms with Crippen molar-refractivity contribution < 1.29 is 0 Å². The minimum Gasteiger partial charge on any atom is -0.207 e. The average molecular weight is 298 g/mol. The zero-order valence-electron chi connectivity index (χ0n) is 5.26. The molecular formula is C6H3Br2ClN2. The lowest BCUT2D eigenvalue weighted by Gasteiger charge is -2.02. The van der Waals surface area contributed by atoms with Crippen LogP contribution in [-0.4, -0.2) is 11.4 Å². The van der Waals surface area contributed by atoms with Gasteiger partial charge in [0.25, 0.3) is 0 Å². The van der Waals surface area contributed by atoms with Crippen LogP contribution in [0.2, 0.25) is 0 Å². The first-order chi connectivity index (χ1) is 5.27. The van der Waals surface area contributed by atoms with E-state index in [1.807, 2.05) is 0 Å². The molecule has 0 aromatic carbocycles. The highest BCUT2D eigenvalue weighted by Gasteiger charge is 2.06. The van der Waals surface area contributed by atoms with E-state index in [-0.39, 0.29) is 0 Å². The largest absolute Gasteiger partial charge is 0.207 e. The van der Waals surface area contributed by atoms with Gasteiger partial charge in [-0.3, -0.25) is 0 Å². The molecule has 1 aliphatic rings. The number of nitrogens with zero attached hydrogens (tertiary/aromatic N) is 2. The molecule has 11 heavy (non-hydrogen) atoms. The van der Waals surface area contributed by atoms with Crippen molar-refractivity contribution in [1.82, 2.24) is 0 Å². The second-order valence-corrected chi connectivity index (χ2v) is 2.92. The van der Waals surface area contributed by atoms with Crippen molar-refractivity contribution in [3.8, 4) is 0 Å². The molecule has 0 aromatic rings. The van der Waals surface area contributed by atoms with Crippen molar-refractivity contribution in [2.75, 3.05) is 0 Å². The molecule has 2 nitrogen and oxygen atoms in total. The molecule has 0 fully saturated rings. The molecule has 0 saturated heterocycles. The first kappa shape index (κ1) is 9.16. The molecule has 1 rings (SSSR count). The van der Waals surface area contributed by atoms with E-state index in [0.717, 1.165) is 5.71 Å². The Morgan fingerprint density at radius 2 is 1.91 bits per heavy atom. The predicted octanol–water partition coefficient (Wildman–Crippen LogP) is 3.18. The molecule has 0 amide bonds. The maximum atomic E-state index is 5.80. The Morgan fingerprint density at radius 1 is 1.18 bits per heavy atom. The van der Waals surface area contributed by atoms with Gasteiger partial charge in [-0.25, -0.2) is 8.04 Å². The summed E-state index contributed by atoms with van der Waals surface area (Å²) in [4.78, 5) is 0. The molecule has 0 aliphatic heterocycles. The van der Waals surface area contributed by atoms with Gasteiger partial charge in [0.2, 0.25) is 0 Å².